The Labute approximate surface area is 110 Å². The van der Waals surface area contributed by atoms with Gasteiger partial charge in [0, 0.05) is 6.07 Å². The van der Waals surface area contributed by atoms with Crippen molar-refractivity contribution in [2.24, 2.45) is 0 Å². The Kier molecular flexibility index (Phi) is 4.47. The predicted octanol–water partition coefficient (Wildman–Crippen LogP) is 1.52. The summed E-state index contributed by atoms with van der Waals surface area (Å²) < 4.78 is 23.1. The maximum atomic E-state index is 13.7. The molecule has 0 atom stereocenters. The van der Waals surface area contributed by atoms with E-state index in [0.29, 0.717) is 5.75 Å². The summed E-state index contributed by atoms with van der Waals surface area (Å²) in [5, 5.41) is 2.41. The number of hydrogen-bond donors (Lipinski definition) is 1. The standard InChI is InChI=1S/C13H16FNO4/c1-13(2,12(17)19-4)15-11(16)9-6-5-8(18-3)7-10(9)14/h5-7H,1-4H3,(H,15,16). The van der Waals surface area contributed by atoms with E-state index in [1.54, 1.807) is 0 Å². The molecule has 0 aliphatic rings. The highest BCUT2D eigenvalue weighted by Gasteiger charge is 2.31. The van der Waals surface area contributed by atoms with Gasteiger partial charge in [-0.2, -0.15) is 0 Å². The van der Waals surface area contributed by atoms with Crippen molar-refractivity contribution in [3.8, 4) is 5.75 Å². The Morgan fingerprint density at radius 1 is 1.26 bits per heavy atom. The van der Waals surface area contributed by atoms with E-state index in [1.165, 1.54) is 40.2 Å². The molecule has 1 aromatic rings. The van der Waals surface area contributed by atoms with E-state index in [0.717, 1.165) is 6.07 Å². The first-order valence-corrected chi connectivity index (χ1v) is 5.56. The van der Waals surface area contributed by atoms with Gasteiger partial charge in [-0.25, -0.2) is 9.18 Å². The van der Waals surface area contributed by atoms with Crippen LogP contribution in [0.15, 0.2) is 18.2 Å². The normalized spacial score (nSPS) is 10.8. The monoisotopic (exact) mass is 269 g/mol. The van der Waals surface area contributed by atoms with Gasteiger partial charge in [0.2, 0.25) is 0 Å². The number of nitrogens with one attached hydrogen (secondary N) is 1. The highest BCUT2D eigenvalue weighted by molar-refractivity contribution is 5.98. The lowest BCUT2D eigenvalue weighted by molar-refractivity contribution is -0.146. The molecule has 1 rings (SSSR count). The fourth-order valence-electron chi connectivity index (χ4n) is 1.46. The first-order chi connectivity index (χ1) is 8.81. The molecule has 5 nitrogen and oxygen atoms in total. The van der Waals surface area contributed by atoms with E-state index in [1.807, 2.05) is 0 Å². The molecule has 1 aromatic carbocycles. The van der Waals surface area contributed by atoms with Crippen LogP contribution in [0.1, 0.15) is 24.2 Å². The van der Waals surface area contributed by atoms with E-state index in [-0.39, 0.29) is 5.56 Å². The number of ether oxygens (including phenoxy) is 2. The van der Waals surface area contributed by atoms with Gasteiger partial charge in [0.05, 0.1) is 19.8 Å². The van der Waals surface area contributed by atoms with E-state index >= 15 is 0 Å². The van der Waals surface area contributed by atoms with Crippen molar-refractivity contribution in [1.29, 1.82) is 0 Å². The quantitative estimate of drug-likeness (QED) is 0.842. The van der Waals surface area contributed by atoms with E-state index in [9.17, 15) is 14.0 Å². The molecule has 0 aliphatic heterocycles. The summed E-state index contributed by atoms with van der Waals surface area (Å²) in [5.74, 6) is -1.73. The minimum atomic E-state index is -1.24. The Morgan fingerprint density at radius 3 is 2.37 bits per heavy atom. The number of amides is 1. The molecule has 0 spiro atoms. The van der Waals surface area contributed by atoms with Gasteiger partial charge < -0.3 is 14.8 Å². The molecule has 19 heavy (non-hydrogen) atoms. The third-order valence-electron chi connectivity index (χ3n) is 2.54. The second kappa shape index (κ2) is 5.69. The third-order valence-corrected chi connectivity index (χ3v) is 2.54. The SMILES string of the molecule is COC(=O)C(C)(C)NC(=O)c1ccc(OC)cc1F. The molecule has 0 aromatic heterocycles. The van der Waals surface area contributed by atoms with Gasteiger partial charge in [-0.3, -0.25) is 4.79 Å². The summed E-state index contributed by atoms with van der Waals surface area (Å²) in [6.07, 6.45) is 0. The largest absolute Gasteiger partial charge is 0.497 e. The van der Waals surface area contributed by atoms with Gasteiger partial charge in [-0.15, -0.1) is 0 Å². The van der Waals surface area contributed by atoms with Crippen LogP contribution < -0.4 is 10.1 Å². The number of carbonyl (C=O) groups excluding carboxylic acids is 2. The van der Waals surface area contributed by atoms with Crippen molar-refractivity contribution in [3.63, 3.8) is 0 Å². The molecule has 0 saturated carbocycles. The fourth-order valence-corrected chi connectivity index (χ4v) is 1.46. The summed E-state index contributed by atoms with van der Waals surface area (Å²) in [4.78, 5) is 23.3. The van der Waals surface area contributed by atoms with Crippen LogP contribution in [0.4, 0.5) is 4.39 Å². The highest BCUT2D eigenvalue weighted by atomic mass is 19.1. The smallest absolute Gasteiger partial charge is 0.330 e. The second-order valence-electron chi connectivity index (χ2n) is 4.42. The van der Waals surface area contributed by atoms with Gasteiger partial charge in [0.1, 0.15) is 17.1 Å². The minimum Gasteiger partial charge on any atom is -0.497 e. The van der Waals surface area contributed by atoms with Crippen LogP contribution in [0.5, 0.6) is 5.75 Å². The molecule has 6 heteroatoms. The van der Waals surface area contributed by atoms with Crippen molar-refractivity contribution >= 4 is 11.9 Å². The number of methoxy groups -OCH3 is 2. The molecule has 0 heterocycles. The summed E-state index contributed by atoms with van der Waals surface area (Å²) >= 11 is 0. The van der Waals surface area contributed by atoms with E-state index in [4.69, 9.17) is 4.74 Å². The van der Waals surface area contributed by atoms with Crippen LogP contribution in [0, 0.1) is 5.82 Å². The molecule has 0 radical (unpaired) electrons. The Bertz CT molecular complexity index is 499. The minimum absolute atomic E-state index is 0.169. The van der Waals surface area contributed by atoms with Crippen LogP contribution in [-0.2, 0) is 9.53 Å². The molecule has 104 valence electrons. The molecular weight excluding hydrogens is 253 g/mol. The Hall–Kier alpha value is -2.11. The summed E-state index contributed by atoms with van der Waals surface area (Å²) in [7, 11) is 2.61. The van der Waals surface area contributed by atoms with Crippen molar-refractivity contribution in [1.82, 2.24) is 5.32 Å². The number of benzene rings is 1. The second-order valence-corrected chi connectivity index (χ2v) is 4.42. The molecule has 0 fully saturated rings. The summed E-state index contributed by atoms with van der Waals surface area (Å²) in [6, 6.07) is 3.85. The molecule has 1 amide bonds. The maximum absolute atomic E-state index is 13.7. The third kappa shape index (κ3) is 3.43. The van der Waals surface area contributed by atoms with Gasteiger partial charge in [0.15, 0.2) is 0 Å². The Balaban J connectivity index is 2.93. The van der Waals surface area contributed by atoms with Crippen LogP contribution in [-0.4, -0.2) is 31.6 Å². The number of carbonyl (C=O) groups is 2. The van der Waals surface area contributed by atoms with Crippen molar-refractivity contribution in [3.05, 3.63) is 29.6 Å². The summed E-state index contributed by atoms with van der Waals surface area (Å²) in [6.45, 7) is 2.94. The average Bonchev–Trinajstić information content (AvgIpc) is 2.36. The topological polar surface area (TPSA) is 64.6 Å². The van der Waals surface area contributed by atoms with Crippen molar-refractivity contribution in [2.75, 3.05) is 14.2 Å². The lowest BCUT2D eigenvalue weighted by Crippen LogP contribution is -2.50. The van der Waals surface area contributed by atoms with Crippen LogP contribution in [0.25, 0.3) is 0 Å². The zero-order valence-corrected chi connectivity index (χ0v) is 11.2. The Morgan fingerprint density at radius 2 is 1.89 bits per heavy atom. The van der Waals surface area contributed by atoms with Gasteiger partial charge in [0.25, 0.3) is 5.91 Å². The lowest BCUT2D eigenvalue weighted by atomic mass is 10.0. The van der Waals surface area contributed by atoms with E-state index in [2.05, 4.69) is 10.1 Å². The molecule has 0 unspecified atom stereocenters. The van der Waals surface area contributed by atoms with Crippen molar-refractivity contribution < 1.29 is 23.5 Å². The van der Waals surface area contributed by atoms with Crippen LogP contribution >= 0.6 is 0 Å². The van der Waals surface area contributed by atoms with Gasteiger partial charge in [-0.05, 0) is 26.0 Å². The first kappa shape index (κ1) is 14.9. The number of hydrogen-bond acceptors (Lipinski definition) is 4. The molecular formula is C13H16FNO4. The molecule has 1 N–H and O–H groups in total. The highest BCUT2D eigenvalue weighted by Crippen LogP contribution is 2.17. The first-order valence-electron chi connectivity index (χ1n) is 5.56. The maximum Gasteiger partial charge on any atom is 0.330 e. The number of rotatable bonds is 4. The van der Waals surface area contributed by atoms with Crippen LogP contribution in [0.3, 0.4) is 0 Å². The predicted molar refractivity (Wildman–Crippen MR) is 66.5 cm³/mol. The molecule has 0 aliphatic carbocycles. The van der Waals surface area contributed by atoms with Gasteiger partial charge >= 0.3 is 5.97 Å². The zero-order chi connectivity index (χ0) is 14.6. The average molecular weight is 269 g/mol. The summed E-state index contributed by atoms with van der Waals surface area (Å²) in [5.41, 5.74) is -1.41. The molecule has 0 bridgehead atoms. The molecule has 0 saturated heterocycles. The van der Waals surface area contributed by atoms with E-state index < -0.39 is 23.2 Å². The number of esters is 1. The van der Waals surface area contributed by atoms with Crippen molar-refractivity contribution in [2.45, 2.75) is 19.4 Å². The lowest BCUT2D eigenvalue weighted by Gasteiger charge is -2.23. The van der Waals surface area contributed by atoms with Gasteiger partial charge in [-0.1, -0.05) is 0 Å². The fraction of sp³-hybridized carbons (Fsp3) is 0.385. The number of halogens is 1. The van der Waals surface area contributed by atoms with Crippen LogP contribution in [0.2, 0.25) is 0 Å². The zero-order valence-electron chi connectivity index (χ0n) is 11.2.